The summed E-state index contributed by atoms with van der Waals surface area (Å²) in [5, 5.41) is 3.53. The summed E-state index contributed by atoms with van der Waals surface area (Å²) in [7, 11) is 0. The van der Waals surface area contributed by atoms with E-state index in [9.17, 15) is 0 Å². The summed E-state index contributed by atoms with van der Waals surface area (Å²) in [6.07, 6.45) is 10.5. The first kappa shape index (κ1) is 15.3. The fourth-order valence-electron chi connectivity index (χ4n) is 1.61. The zero-order valence-electron chi connectivity index (χ0n) is 10.8. The molecule has 0 aromatic rings. The molecular formula is C13H29NS. The molecule has 0 aliphatic heterocycles. The van der Waals surface area contributed by atoms with E-state index in [1.54, 1.807) is 0 Å². The molecule has 0 saturated heterocycles. The predicted molar refractivity (Wildman–Crippen MR) is 73.8 cm³/mol. The molecule has 0 aromatic heterocycles. The highest BCUT2D eigenvalue weighted by Gasteiger charge is 1.93. The first-order valence-corrected chi connectivity index (χ1v) is 7.86. The van der Waals surface area contributed by atoms with Crippen molar-refractivity contribution in [3.05, 3.63) is 0 Å². The highest BCUT2D eigenvalue weighted by molar-refractivity contribution is 7.98. The number of hydrogen-bond acceptors (Lipinski definition) is 2. The van der Waals surface area contributed by atoms with Gasteiger partial charge in [0.05, 0.1) is 0 Å². The summed E-state index contributed by atoms with van der Waals surface area (Å²) in [6, 6.07) is 0. The van der Waals surface area contributed by atoms with Crippen LogP contribution in [0.15, 0.2) is 0 Å². The minimum atomic E-state index is 0.860. The van der Waals surface area contributed by atoms with E-state index in [-0.39, 0.29) is 0 Å². The third kappa shape index (κ3) is 14.3. The van der Waals surface area contributed by atoms with Gasteiger partial charge in [-0.3, -0.25) is 0 Å². The Morgan fingerprint density at radius 2 is 1.60 bits per heavy atom. The lowest BCUT2D eigenvalue weighted by molar-refractivity contribution is 0.518. The van der Waals surface area contributed by atoms with Gasteiger partial charge < -0.3 is 5.32 Å². The van der Waals surface area contributed by atoms with Crippen LogP contribution in [0.4, 0.5) is 0 Å². The number of unbranched alkanes of at least 4 members (excludes halogenated alkanes) is 3. The van der Waals surface area contributed by atoms with Gasteiger partial charge in [0.15, 0.2) is 0 Å². The van der Waals surface area contributed by atoms with Crippen LogP contribution in [-0.2, 0) is 0 Å². The SMILES string of the molecule is CSCCCCCCNCCCC(C)C. The van der Waals surface area contributed by atoms with Crippen LogP contribution >= 0.6 is 11.8 Å². The van der Waals surface area contributed by atoms with E-state index in [4.69, 9.17) is 0 Å². The van der Waals surface area contributed by atoms with E-state index in [1.807, 2.05) is 11.8 Å². The standard InChI is InChI=1S/C13H29NS/c1-13(2)9-8-11-14-10-6-4-5-7-12-15-3/h13-14H,4-12H2,1-3H3. The van der Waals surface area contributed by atoms with Gasteiger partial charge in [-0.25, -0.2) is 0 Å². The maximum absolute atomic E-state index is 3.53. The molecule has 15 heavy (non-hydrogen) atoms. The van der Waals surface area contributed by atoms with Gasteiger partial charge in [-0.1, -0.05) is 26.7 Å². The number of thioether (sulfide) groups is 1. The second-order valence-electron chi connectivity index (χ2n) is 4.69. The van der Waals surface area contributed by atoms with E-state index < -0.39 is 0 Å². The minimum absolute atomic E-state index is 0.860. The van der Waals surface area contributed by atoms with Gasteiger partial charge in [0.2, 0.25) is 0 Å². The molecule has 0 spiro atoms. The second-order valence-corrected chi connectivity index (χ2v) is 5.68. The van der Waals surface area contributed by atoms with Gasteiger partial charge in [0, 0.05) is 0 Å². The summed E-state index contributed by atoms with van der Waals surface area (Å²) in [5.41, 5.74) is 0. The minimum Gasteiger partial charge on any atom is -0.317 e. The maximum Gasteiger partial charge on any atom is -0.00488 e. The van der Waals surface area contributed by atoms with Gasteiger partial charge in [-0.15, -0.1) is 0 Å². The van der Waals surface area contributed by atoms with E-state index in [0.29, 0.717) is 0 Å². The molecule has 0 unspecified atom stereocenters. The lowest BCUT2D eigenvalue weighted by atomic mass is 10.1. The van der Waals surface area contributed by atoms with Crippen molar-refractivity contribution in [2.24, 2.45) is 5.92 Å². The monoisotopic (exact) mass is 231 g/mol. The van der Waals surface area contributed by atoms with Crippen LogP contribution in [0.2, 0.25) is 0 Å². The molecule has 1 N–H and O–H groups in total. The number of hydrogen-bond donors (Lipinski definition) is 1. The van der Waals surface area contributed by atoms with Crippen LogP contribution in [0.25, 0.3) is 0 Å². The van der Waals surface area contributed by atoms with Gasteiger partial charge in [-0.05, 0) is 56.7 Å². The molecule has 92 valence electrons. The molecule has 0 atom stereocenters. The van der Waals surface area contributed by atoms with Gasteiger partial charge in [0.1, 0.15) is 0 Å². The highest BCUT2D eigenvalue weighted by Crippen LogP contribution is 2.04. The van der Waals surface area contributed by atoms with E-state index >= 15 is 0 Å². The zero-order valence-corrected chi connectivity index (χ0v) is 11.7. The fraction of sp³-hybridized carbons (Fsp3) is 1.00. The molecule has 0 fully saturated rings. The molecule has 0 radical (unpaired) electrons. The Morgan fingerprint density at radius 1 is 0.933 bits per heavy atom. The van der Waals surface area contributed by atoms with Crippen LogP contribution in [0.3, 0.4) is 0 Å². The largest absolute Gasteiger partial charge is 0.317 e. The lowest BCUT2D eigenvalue weighted by Gasteiger charge is -2.06. The fourth-order valence-corrected chi connectivity index (χ4v) is 2.10. The molecule has 0 aliphatic rings. The van der Waals surface area contributed by atoms with Crippen molar-refractivity contribution in [3.63, 3.8) is 0 Å². The van der Waals surface area contributed by atoms with E-state index in [0.717, 1.165) is 5.92 Å². The van der Waals surface area contributed by atoms with Crippen LogP contribution in [-0.4, -0.2) is 25.1 Å². The summed E-state index contributed by atoms with van der Waals surface area (Å²) in [5.74, 6) is 2.19. The van der Waals surface area contributed by atoms with Crippen molar-refractivity contribution >= 4 is 11.8 Å². The lowest BCUT2D eigenvalue weighted by Crippen LogP contribution is -2.17. The molecule has 0 saturated carbocycles. The first-order valence-electron chi connectivity index (χ1n) is 6.47. The summed E-state index contributed by atoms with van der Waals surface area (Å²) in [4.78, 5) is 0. The van der Waals surface area contributed by atoms with Crippen LogP contribution in [0.1, 0.15) is 52.4 Å². The third-order valence-electron chi connectivity index (χ3n) is 2.59. The molecule has 0 rings (SSSR count). The summed E-state index contributed by atoms with van der Waals surface area (Å²) < 4.78 is 0. The Balaban J connectivity index is 2.87. The molecule has 0 amide bonds. The van der Waals surface area contributed by atoms with Crippen LogP contribution in [0, 0.1) is 5.92 Å². The van der Waals surface area contributed by atoms with Crippen molar-refractivity contribution in [1.29, 1.82) is 0 Å². The summed E-state index contributed by atoms with van der Waals surface area (Å²) >= 11 is 1.96. The molecule has 2 heteroatoms. The van der Waals surface area contributed by atoms with E-state index in [1.165, 1.54) is 57.4 Å². The predicted octanol–water partition coefficient (Wildman–Crippen LogP) is 3.94. The zero-order chi connectivity index (χ0) is 11.4. The van der Waals surface area contributed by atoms with Gasteiger partial charge in [-0.2, -0.15) is 11.8 Å². The van der Waals surface area contributed by atoms with Crippen molar-refractivity contribution in [1.82, 2.24) is 5.32 Å². The molecule has 0 aromatic carbocycles. The Kier molecular flexibility index (Phi) is 12.6. The number of nitrogens with one attached hydrogen (secondary N) is 1. The Labute approximate surface area is 101 Å². The van der Waals surface area contributed by atoms with Crippen molar-refractivity contribution in [2.45, 2.75) is 52.4 Å². The quantitative estimate of drug-likeness (QED) is 0.541. The van der Waals surface area contributed by atoms with Crippen molar-refractivity contribution in [2.75, 3.05) is 25.1 Å². The second kappa shape index (κ2) is 12.4. The van der Waals surface area contributed by atoms with Crippen LogP contribution < -0.4 is 5.32 Å². The molecule has 0 aliphatic carbocycles. The van der Waals surface area contributed by atoms with Gasteiger partial charge >= 0.3 is 0 Å². The highest BCUT2D eigenvalue weighted by atomic mass is 32.2. The number of rotatable bonds is 11. The smallest absolute Gasteiger partial charge is 0.00488 e. The molecule has 0 bridgehead atoms. The van der Waals surface area contributed by atoms with Crippen LogP contribution in [0.5, 0.6) is 0 Å². The Hall–Kier alpha value is 0.310. The molecule has 0 heterocycles. The Bertz CT molecular complexity index is 115. The first-order chi connectivity index (χ1) is 7.27. The summed E-state index contributed by atoms with van der Waals surface area (Å²) in [6.45, 7) is 7.03. The average Bonchev–Trinajstić information content (AvgIpc) is 2.20. The average molecular weight is 231 g/mol. The van der Waals surface area contributed by atoms with E-state index in [2.05, 4.69) is 25.4 Å². The van der Waals surface area contributed by atoms with Gasteiger partial charge in [0.25, 0.3) is 0 Å². The molecule has 1 nitrogen and oxygen atoms in total. The Morgan fingerprint density at radius 3 is 2.27 bits per heavy atom. The maximum atomic E-state index is 3.53. The molecular weight excluding hydrogens is 202 g/mol. The van der Waals surface area contributed by atoms with Crippen molar-refractivity contribution in [3.8, 4) is 0 Å². The van der Waals surface area contributed by atoms with Crippen molar-refractivity contribution < 1.29 is 0 Å². The topological polar surface area (TPSA) is 12.0 Å². The third-order valence-corrected chi connectivity index (χ3v) is 3.28. The normalized spacial score (nSPS) is 11.2.